The van der Waals surface area contributed by atoms with Gasteiger partial charge in [-0.1, -0.05) is 0 Å². The fourth-order valence-electron chi connectivity index (χ4n) is 0.473. The summed E-state index contributed by atoms with van der Waals surface area (Å²) in [5.74, 6) is -1.65. The van der Waals surface area contributed by atoms with Crippen LogP contribution in [0.2, 0.25) is 0 Å². The van der Waals surface area contributed by atoms with Gasteiger partial charge in [0.05, 0.1) is 6.61 Å². The molecule has 12 heteroatoms. The van der Waals surface area contributed by atoms with E-state index in [1.165, 1.54) is 0 Å². The quantitative estimate of drug-likeness (QED) is 0.237. The minimum Gasteiger partial charge on any atom is -0.450 e. The summed E-state index contributed by atoms with van der Waals surface area (Å²) < 4.78 is 7.21. The Morgan fingerprint density at radius 2 is 1.67 bits per heavy atom. The molecule has 0 heterocycles. The molecule has 1 unspecified atom stereocenters. The van der Waals surface area contributed by atoms with Crippen LogP contribution in [0.1, 0.15) is 0 Å². The standard InChI is InChI=1S/C3H10O10Si2/c4-1-2(5)3(6)12-15(10,11)13-14(7,8)9/h2,4-5,7-11H,1H2. The summed E-state index contributed by atoms with van der Waals surface area (Å²) in [7, 11) is -10.6. The molecule has 0 saturated carbocycles. The van der Waals surface area contributed by atoms with Gasteiger partial charge in [0.25, 0.3) is 0 Å². The van der Waals surface area contributed by atoms with Crippen LogP contribution in [0.15, 0.2) is 0 Å². The molecule has 0 amide bonds. The topological polar surface area (TPSA) is 177 Å². The predicted octanol–water partition coefficient (Wildman–Crippen LogP) is -5.27. The van der Waals surface area contributed by atoms with Gasteiger partial charge in [0.1, 0.15) is 0 Å². The highest BCUT2D eigenvalue weighted by atomic mass is 28.5. The van der Waals surface area contributed by atoms with E-state index in [1.807, 2.05) is 0 Å². The molecule has 0 spiro atoms. The van der Waals surface area contributed by atoms with Gasteiger partial charge in [-0.3, -0.25) is 4.79 Å². The minimum atomic E-state index is -5.29. The molecule has 0 fully saturated rings. The Hall–Kier alpha value is -0.416. The third kappa shape index (κ3) is 6.63. The lowest BCUT2D eigenvalue weighted by Crippen LogP contribution is -2.57. The molecular formula is C3H10O10Si2. The largest absolute Gasteiger partial charge is 0.740 e. The zero-order valence-corrected chi connectivity index (χ0v) is 9.14. The fraction of sp³-hybridized carbons (Fsp3) is 0.667. The second-order valence-electron chi connectivity index (χ2n) is 2.34. The van der Waals surface area contributed by atoms with Crippen LogP contribution in [-0.4, -0.2) is 71.0 Å². The average molecular weight is 262 g/mol. The summed E-state index contributed by atoms with van der Waals surface area (Å²) in [4.78, 5) is 53.1. The van der Waals surface area contributed by atoms with E-state index in [1.54, 1.807) is 0 Å². The second-order valence-corrected chi connectivity index (χ2v) is 5.61. The van der Waals surface area contributed by atoms with Gasteiger partial charge in [0.2, 0.25) is 0 Å². The van der Waals surface area contributed by atoms with Crippen molar-refractivity contribution in [3.05, 3.63) is 0 Å². The van der Waals surface area contributed by atoms with Crippen molar-refractivity contribution in [3.63, 3.8) is 0 Å². The Kier molecular flexibility index (Phi) is 4.94. The summed E-state index contributed by atoms with van der Waals surface area (Å²) >= 11 is 0. The zero-order valence-electron chi connectivity index (χ0n) is 7.14. The Bertz CT molecular complexity index is 221. The highest BCUT2D eigenvalue weighted by Gasteiger charge is 2.52. The maximum absolute atomic E-state index is 10.6. The van der Waals surface area contributed by atoms with E-state index in [2.05, 4.69) is 8.54 Å². The van der Waals surface area contributed by atoms with Gasteiger partial charge in [-0.2, -0.15) is 0 Å². The van der Waals surface area contributed by atoms with Crippen molar-refractivity contribution >= 4 is 24.1 Å². The number of rotatable bonds is 5. The van der Waals surface area contributed by atoms with Crippen LogP contribution < -0.4 is 0 Å². The zero-order chi connectivity index (χ0) is 12.3. The number of hydrogen-bond donors (Lipinski definition) is 7. The van der Waals surface area contributed by atoms with Gasteiger partial charge in [-0.15, -0.1) is 0 Å². The molecule has 0 rings (SSSR count). The molecule has 0 aliphatic heterocycles. The van der Waals surface area contributed by atoms with E-state index in [0.717, 1.165) is 0 Å². The Labute approximate surface area is 85.2 Å². The lowest BCUT2D eigenvalue weighted by atomic mass is 10.4. The molecule has 90 valence electrons. The molecule has 0 saturated heterocycles. The molecule has 1 atom stereocenters. The molecule has 7 N–H and O–H groups in total. The first-order valence-electron chi connectivity index (χ1n) is 3.41. The van der Waals surface area contributed by atoms with Crippen LogP contribution in [0.4, 0.5) is 0 Å². The van der Waals surface area contributed by atoms with Gasteiger partial charge < -0.3 is 42.7 Å². The highest BCUT2D eigenvalue weighted by molar-refractivity contribution is 6.65. The summed E-state index contributed by atoms with van der Waals surface area (Å²) in [5, 5.41) is 16.9. The van der Waals surface area contributed by atoms with Crippen LogP contribution >= 0.6 is 0 Å². The van der Waals surface area contributed by atoms with Crippen molar-refractivity contribution in [3.8, 4) is 0 Å². The normalized spacial score (nSPS) is 14.9. The van der Waals surface area contributed by atoms with Crippen LogP contribution in [0.25, 0.3) is 0 Å². The molecular weight excluding hydrogens is 252 g/mol. The monoisotopic (exact) mass is 262 g/mol. The molecule has 0 radical (unpaired) electrons. The number of carbonyl (C=O) groups excluding carboxylic acids is 1. The minimum absolute atomic E-state index is 1.04. The Balaban J connectivity index is 4.32. The van der Waals surface area contributed by atoms with Gasteiger partial charge >= 0.3 is 24.1 Å². The SMILES string of the molecule is O=C(O[Si](O)(O)O[Si](O)(O)O)C(O)CO. The molecule has 0 aliphatic rings. The van der Waals surface area contributed by atoms with Crippen LogP contribution in [0.5, 0.6) is 0 Å². The van der Waals surface area contributed by atoms with E-state index in [4.69, 9.17) is 34.2 Å². The number of hydrogen-bond acceptors (Lipinski definition) is 10. The molecule has 0 aliphatic carbocycles. The smallest absolute Gasteiger partial charge is 0.450 e. The van der Waals surface area contributed by atoms with Crippen molar-refractivity contribution < 1.29 is 47.5 Å². The van der Waals surface area contributed by atoms with E-state index in [-0.39, 0.29) is 0 Å². The number of aliphatic hydroxyl groups is 2. The molecule has 10 nitrogen and oxygen atoms in total. The molecule has 0 aromatic rings. The first-order valence-corrected chi connectivity index (χ1v) is 6.87. The third-order valence-electron chi connectivity index (χ3n) is 0.948. The summed E-state index contributed by atoms with van der Waals surface area (Å²) in [6.45, 7) is -1.04. The van der Waals surface area contributed by atoms with Crippen molar-refractivity contribution in [2.45, 2.75) is 6.10 Å². The van der Waals surface area contributed by atoms with E-state index in [9.17, 15) is 4.79 Å². The lowest BCUT2D eigenvalue weighted by Gasteiger charge is -2.20. The van der Waals surface area contributed by atoms with Gasteiger partial charge in [0.15, 0.2) is 6.10 Å². The van der Waals surface area contributed by atoms with Crippen molar-refractivity contribution in [2.24, 2.45) is 0 Å². The van der Waals surface area contributed by atoms with Gasteiger partial charge in [-0.05, 0) is 0 Å². The summed E-state index contributed by atoms with van der Waals surface area (Å²) in [6.07, 6.45) is -2.04. The van der Waals surface area contributed by atoms with Crippen molar-refractivity contribution in [1.82, 2.24) is 0 Å². The summed E-state index contributed by atoms with van der Waals surface area (Å²) in [6, 6.07) is 0. The molecule has 0 aromatic heterocycles. The average Bonchev–Trinajstić information content (AvgIpc) is 1.96. The fourth-order valence-corrected chi connectivity index (χ4v) is 2.46. The van der Waals surface area contributed by atoms with Crippen molar-refractivity contribution in [2.75, 3.05) is 6.61 Å². The second kappa shape index (κ2) is 5.08. The molecule has 0 aromatic carbocycles. The third-order valence-corrected chi connectivity index (χ3v) is 3.57. The summed E-state index contributed by atoms with van der Waals surface area (Å²) in [5.41, 5.74) is 0. The molecule has 15 heavy (non-hydrogen) atoms. The number of aliphatic hydroxyl groups excluding tert-OH is 2. The maximum Gasteiger partial charge on any atom is 0.740 e. The van der Waals surface area contributed by atoms with Gasteiger partial charge in [-0.25, -0.2) is 0 Å². The predicted molar refractivity (Wildman–Crippen MR) is 42.9 cm³/mol. The van der Waals surface area contributed by atoms with Crippen molar-refractivity contribution in [1.29, 1.82) is 0 Å². The first-order chi connectivity index (χ1) is 6.57. The van der Waals surface area contributed by atoms with Crippen LogP contribution in [0.3, 0.4) is 0 Å². The lowest BCUT2D eigenvalue weighted by molar-refractivity contribution is -0.152. The van der Waals surface area contributed by atoms with Crippen LogP contribution in [-0.2, 0) is 13.3 Å². The van der Waals surface area contributed by atoms with E-state index >= 15 is 0 Å². The van der Waals surface area contributed by atoms with E-state index < -0.39 is 36.8 Å². The first kappa shape index (κ1) is 14.6. The van der Waals surface area contributed by atoms with Crippen LogP contribution in [0, 0.1) is 0 Å². The van der Waals surface area contributed by atoms with E-state index in [0.29, 0.717) is 0 Å². The highest BCUT2D eigenvalue weighted by Crippen LogP contribution is 2.05. The Morgan fingerprint density at radius 3 is 2.00 bits per heavy atom. The maximum atomic E-state index is 10.6. The number of carbonyl (C=O) groups is 1. The molecule has 0 bridgehead atoms. The van der Waals surface area contributed by atoms with Gasteiger partial charge in [0, 0.05) is 0 Å². The Morgan fingerprint density at radius 1 is 1.20 bits per heavy atom.